The molecule has 5 rings (SSSR count). The Morgan fingerprint density at radius 3 is 1.20 bits per heavy atom. The maximum atomic E-state index is 12.5. The lowest BCUT2D eigenvalue weighted by Crippen LogP contribution is -2.34. The minimum atomic E-state index is -0.419. The van der Waals surface area contributed by atoms with Gasteiger partial charge in [-0.3, -0.25) is 28.8 Å². The average molecular weight is 1220 g/mol. The number of thiophene rings is 5. The molecule has 0 unspecified atom stereocenters. The molecule has 458 valence electrons. The van der Waals surface area contributed by atoms with Gasteiger partial charge in [0.05, 0.1) is 25.3 Å². The molecule has 0 aliphatic carbocycles. The van der Waals surface area contributed by atoms with Crippen molar-refractivity contribution in [1.82, 2.24) is 5.32 Å². The number of nitrogens with one attached hydrogen (secondary N) is 1. The summed E-state index contributed by atoms with van der Waals surface area (Å²) in [6.45, 7) is 59.6. The number of halogens is 1. The molecule has 0 saturated carbocycles. The van der Waals surface area contributed by atoms with Gasteiger partial charge in [-0.05, 0) is 113 Å². The maximum absolute atomic E-state index is 12.5. The number of hydrogen-bond donors (Lipinski definition) is 1. The van der Waals surface area contributed by atoms with Crippen LogP contribution in [0, 0.1) is 63.8 Å². The number of rotatable bonds is 8. The normalized spacial score (nSPS) is 11.6. The standard InChI is InChI=1S/C11H16OS.2C10H14OS.C10H20O.C9H11FOS.C9H12OS.C7H15NO.CH4/c1-8-5-6-9(13-8)7-10(12)11(2,3)4;1-7-5-6-12-8(7)9(11)10(2,3)4;1-7-5-6-8(12-7)9(11)10(2,3)4;1-8(9(2,3)4)11-10(5,6)7;1-9(2,3)8(11)6-4-5-7(10)12-6;1-9(2,3)8(10)7-5-4-6-11-7;1-5-8-6(9)7(2,3)4;/h5-6H,7H2,1-4H3;2*5-6H,1-4H3;1H2,2-7H3;4-5H,1-3H3;4-6H,1-3H3;5H2,1-4H3,(H,8,9);1H4. The summed E-state index contributed by atoms with van der Waals surface area (Å²) in [5.41, 5.74) is -0.597. The molecule has 0 saturated heterocycles. The van der Waals surface area contributed by atoms with Gasteiger partial charge < -0.3 is 10.1 Å². The quantitative estimate of drug-likeness (QED) is 0.121. The van der Waals surface area contributed by atoms with Crippen molar-refractivity contribution >= 4 is 91.5 Å². The van der Waals surface area contributed by atoms with Crippen molar-refractivity contribution in [3.05, 3.63) is 123 Å². The van der Waals surface area contributed by atoms with E-state index in [1.807, 2.05) is 213 Å². The average Bonchev–Trinajstić information content (AvgIpc) is 4.15. The molecule has 1 N–H and O–H groups in total. The third-order valence-corrected chi connectivity index (χ3v) is 15.3. The van der Waals surface area contributed by atoms with E-state index in [-0.39, 0.29) is 79.7 Å². The van der Waals surface area contributed by atoms with E-state index in [1.54, 1.807) is 22.7 Å². The molecule has 0 radical (unpaired) electrons. The highest BCUT2D eigenvalue weighted by Crippen LogP contribution is 2.30. The highest BCUT2D eigenvalue weighted by atomic mass is 32.1. The van der Waals surface area contributed by atoms with Crippen molar-refractivity contribution in [1.29, 1.82) is 0 Å². The van der Waals surface area contributed by atoms with Crippen LogP contribution in [0.2, 0.25) is 0 Å². The summed E-state index contributed by atoms with van der Waals surface area (Å²) >= 11 is 7.23. The summed E-state index contributed by atoms with van der Waals surface area (Å²) in [6, 6.07) is 16.6. The van der Waals surface area contributed by atoms with Crippen LogP contribution in [0.4, 0.5) is 4.39 Å². The first-order valence-electron chi connectivity index (χ1n) is 27.1. The van der Waals surface area contributed by atoms with E-state index in [9.17, 15) is 33.2 Å². The van der Waals surface area contributed by atoms with Gasteiger partial charge in [0.1, 0.15) is 11.4 Å². The molecular formula is C67H106FNO7S5. The number of carbonyl (C=O) groups is 6. The lowest BCUT2D eigenvalue weighted by atomic mass is 9.89. The molecule has 5 heterocycles. The van der Waals surface area contributed by atoms with Crippen LogP contribution in [0.25, 0.3) is 0 Å². The van der Waals surface area contributed by atoms with Crippen LogP contribution in [-0.2, 0) is 20.7 Å². The number of ether oxygens (including phenoxy) is 1. The fourth-order valence-electron chi connectivity index (χ4n) is 5.41. The summed E-state index contributed by atoms with van der Waals surface area (Å²) in [7, 11) is 0. The van der Waals surface area contributed by atoms with Crippen LogP contribution in [0.15, 0.2) is 77.7 Å². The van der Waals surface area contributed by atoms with Crippen molar-refractivity contribution in [3.8, 4) is 0 Å². The molecule has 0 aromatic carbocycles. The number of ketones is 5. The number of hydrogen-bond acceptors (Lipinski definition) is 12. The summed E-state index contributed by atoms with van der Waals surface area (Å²) in [6.07, 6.45) is 0.585. The van der Waals surface area contributed by atoms with Crippen molar-refractivity contribution < 1.29 is 37.9 Å². The Kier molecular flexibility index (Phi) is 33.9. The van der Waals surface area contributed by atoms with Gasteiger partial charge in [-0.2, -0.15) is 4.39 Å². The second-order valence-electron chi connectivity index (χ2n) is 27.6. The highest BCUT2D eigenvalue weighted by Gasteiger charge is 2.28. The van der Waals surface area contributed by atoms with Crippen LogP contribution in [0.3, 0.4) is 0 Å². The predicted molar refractivity (Wildman–Crippen MR) is 353 cm³/mol. The predicted octanol–water partition coefficient (Wildman–Crippen LogP) is 21.0. The largest absolute Gasteiger partial charge is 0.493 e. The molecule has 0 spiro atoms. The van der Waals surface area contributed by atoms with Gasteiger partial charge >= 0.3 is 0 Å². The lowest BCUT2D eigenvalue weighted by molar-refractivity contribution is -0.128. The van der Waals surface area contributed by atoms with Crippen LogP contribution < -0.4 is 5.32 Å². The van der Waals surface area contributed by atoms with Crippen LogP contribution in [-0.4, -0.2) is 47.0 Å². The first kappa shape index (κ1) is 81.0. The molecule has 8 nitrogen and oxygen atoms in total. The number of Topliss-reactive ketones (excluding diaryl/α,β-unsaturated/α-hetero) is 5. The molecule has 0 atom stereocenters. The number of allylic oxidation sites excluding steroid dienone is 1. The number of carbonyl (C=O) groups excluding carboxylic acids is 6. The molecular weight excluding hydrogens is 1110 g/mol. The first-order chi connectivity index (χ1) is 35.8. The fraction of sp³-hybridized carbons (Fsp3) is 0.582. The molecule has 5 aromatic heterocycles. The monoisotopic (exact) mass is 1220 g/mol. The SMILES string of the molecule is C.C=C(OC(C)(C)C)C(C)(C)C.CC(C)(C)C(=O)c1ccc(F)s1.CC(C)(C)C(=O)c1cccs1.CCNC(=O)C(C)(C)C.Cc1ccc(C(=O)C(C)(C)C)s1.Cc1ccc(CC(=O)C(C)(C)C)s1.Cc1ccsc1C(=O)C(C)(C)C. The van der Waals surface area contributed by atoms with Crippen molar-refractivity contribution in [2.45, 2.75) is 213 Å². The van der Waals surface area contributed by atoms with Crippen LogP contribution in [0.1, 0.15) is 239 Å². The van der Waals surface area contributed by atoms with E-state index in [2.05, 4.69) is 45.7 Å². The molecule has 0 bridgehead atoms. The Labute approximate surface area is 511 Å². The summed E-state index contributed by atoms with van der Waals surface area (Å²) in [5.74, 6) is 1.99. The van der Waals surface area contributed by atoms with Crippen LogP contribution in [0.5, 0.6) is 0 Å². The zero-order valence-electron chi connectivity index (χ0n) is 54.2. The molecule has 0 fully saturated rings. The Bertz CT molecular complexity index is 2640. The van der Waals surface area contributed by atoms with Gasteiger partial charge in [0.15, 0.2) is 28.3 Å². The second kappa shape index (κ2) is 33.9. The third kappa shape index (κ3) is 34.2. The van der Waals surface area contributed by atoms with Gasteiger partial charge in [0.25, 0.3) is 0 Å². The van der Waals surface area contributed by atoms with E-state index < -0.39 is 5.41 Å². The first-order valence-corrected chi connectivity index (χ1v) is 31.3. The van der Waals surface area contributed by atoms with Gasteiger partial charge in [-0.1, -0.05) is 165 Å². The maximum Gasteiger partial charge on any atom is 0.225 e. The molecule has 0 aliphatic rings. The summed E-state index contributed by atoms with van der Waals surface area (Å²) in [4.78, 5) is 75.9. The van der Waals surface area contributed by atoms with Gasteiger partial charge in [-0.25, -0.2) is 0 Å². The Morgan fingerprint density at radius 2 is 0.926 bits per heavy atom. The molecule has 14 heteroatoms. The number of amides is 1. The van der Waals surface area contributed by atoms with E-state index >= 15 is 0 Å². The zero-order chi connectivity index (χ0) is 63.4. The van der Waals surface area contributed by atoms with E-state index in [0.29, 0.717) is 17.1 Å². The Balaban J connectivity index is -0.000000877. The van der Waals surface area contributed by atoms with Crippen molar-refractivity contribution in [2.75, 3.05) is 6.54 Å². The minimum Gasteiger partial charge on any atom is -0.493 e. The van der Waals surface area contributed by atoms with E-state index in [1.165, 1.54) is 49.4 Å². The molecule has 5 aromatic rings. The lowest BCUT2D eigenvalue weighted by Gasteiger charge is -2.29. The van der Waals surface area contributed by atoms with Crippen molar-refractivity contribution in [2.24, 2.45) is 37.9 Å². The highest BCUT2D eigenvalue weighted by molar-refractivity contribution is 7.14. The van der Waals surface area contributed by atoms with Crippen LogP contribution >= 0.6 is 56.7 Å². The van der Waals surface area contributed by atoms with Gasteiger partial charge in [0, 0.05) is 65.5 Å². The molecule has 0 aliphatic heterocycles. The van der Waals surface area contributed by atoms with E-state index in [0.717, 1.165) is 43.8 Å². The smallest absolute Gasteiger partial charge is 0.225 e. The van der Waals surface area contributed by atoms with Crippen molar-refractivity contribution in [3.63, 3.8) is 0 Å². The molecule has 81 heavy (non-hydrogen) atoms. The number of aryl methyl sites for hydroxylation is 3. The Morgan fingerprint density at radius 1 is 0.494 bits per heavy atom. The summed E-state index contributed by atoms with van der Waals surface area (Å²) < 4.78 is 18.1. The van der Waals surface area contributed by atoms with Gasteiger partial charge in [-0.15, -0.1) is 56.7 Å². The minimum absolute atomic E-state index is 0. The van der Waals surface area contributed by atoms with Gasteiger partial charge in [0.2, 0.25) is 5.91 Å². The summed E-state index contributed by atoms with van der Waals surface area (Å²) in [5, 5.41) is 6.34. The fourth-order valence-corrected chi connectivity index (χ4v) is 10.1. The van der Waals surface area contributed by atoms with E-state index in [4.69, 9.17) is 4.74 Å². The third-order valence-electron chi connectivity index (χ3n) is 10.6. The molecule has 1 amide bonds. The zero-order valence-corrected chi connectivity index (χ0v) is 58.3. The topological polar surface area (TPSA) is 124 Å². The Hall–Kier alpha value is -4.21. The second-order valence-corrected chi connectivity index (χ2v) is 33.2.